The van der Waals surface area contributed by atoms with Crippen LogP contribution in [-0.4, -0.2) is 53.9 Å². The summed E-state index contributed by atoms with van der Waals surface area (Å²) in [6.07, 6.45) is 0.981. The van der Waals surface area contributed by atoms with Crippen molar-refractivity contribution in [3.63, 3.8) is 0 Å². The summed E-state index contributed by atoms with van der Waals surface area (Å²) in [6, 6.07) is 16.8. The number of aldehydes is 1. The van der Waals surface area contributed by atoms with E-state index in [1.165, 1.54) is 5.56 Å². The van der Waals surface area contributed by atoms with E-state index in [4.69, 9.17) is 9.97 Å². The number of carbonyl (C=O) groups is 1. The van der Waals surface area contributed by atoms with Gasteiger partial charge in [-0.15, -0.1) is 0 Å². The number of nitrogens with zero attached hydrogens (tertiary/aromatic N) is 4. The number of para-hydroxylation sites is 1. The van der Waals surface area contributed by atoms with Gasteiger partial charge < -0.3 is 9.69 Å². The maximum Gasteiger partial charge on any atom is 0.162 e. The molecule has 0 spiro atoms. The van der Waals surface area contributed by atoms with E-state index in [1.54, 1.807) is 0 Å². The highest BCUT2D eigenvalue weighted by atomic mass is 16.1. The quantitative estimate of drug-likeness (QED) is 0.634. The Morgan fingerprint density at radius 2 is 1.62 bits per heavy atom. The lowest BCUT2D eigenvalue weighted by Gasteiger charge is -2.35. The summed E-state index contributed by atoms with van der Waals surface area (Å²) in [6.45, 7) is 10.6. The highest BCUT2D eigenvalue weighted by Gasteiger charge is 2.21. The summed E-state index contributed by atoms with van der Waals surface area (Å²) in [4.78, 5) is 25.1. The van der Waals surface area contributed by atoms with E-state index >= 15 is 0 Å². The number of hydrogen-bond acceptors (Lipinski definition) is 5. The molecule has 1 aliphatic heterocycles. The van der Waals surface area contributed by atoms with Gasteiger partial charge in [0.1, 0.15) is 12.1 Å². The second-order valence-corrected chi connectivity index (χ2v) is 8.67. The van der Waals surface area contributed by atoms with Gasteiger partial charge in [-0.1, -0.05) is 57.2 Å². The molecule has 2 aromatic carbocycles. The van der Waals surface area contributed by atoms with Crippen molar-refractivity contribution in [2.45, 2.75) is 26.2 Å². The SMILES string of the molecule is CC(C)(C)c1ccc(-c2nc(N3CCN(CC=O)CC3)c3ccccc3n2)cc1. The molecule has 4 rings (SSSR count). The lowest BCUT2D eigenvalue weighted by Crippen LogP contribution is -2.47. The number of piperazine rings is 1. The molecule has 0 aliphatic carbocycles. The highest BCUT2D eigenvalue weighted by Crippen LogP contribution is 2.30. The van der Waals surface area contributed by atoms with Gasteiger partial charge in [-0.25, -0.2) is 9.97 Å². The minimum atomic E-state index is 0.120. The van der Waals surface area contributed by atoms with E-state index in [2.05, 4.69) is 67.0 Å². The summed E-state index contributed by atoms with van der Waals surface area (Å²) in [5, 5.41) is 1.08. The van der Waals surface area contributed by atoms with Gasteiger partial charge in [0, 0.05) is 37.1 Å². The van der Waals surface area contributed by atoms with E-state index in [0.29, 0.717) is 6.54 Å². The van der Waals surface area contributed by atoms with Crippen molar-refractivity contribution in [1.29, 1.82) is 0 Å². The van der Waals surface area contributed by atoms with Crippen LogP contribution in [0.5, 0.6) is 0 Å². The molecule has 1 saturated heterocycles. The third-order valence-electron chi connectivity index (χ3n) is 5.60. The minimum absolute atomic E-state index is 0.120. The zero-order valence-corrected chi connectivity index (χ0v) is 17.4. The molecule has 1 fully saturated rings. The second kappa shape index (κ2) is 7.91. The molecule has 0 amide bonds. The number of fused-ring (bicyclic) bond motifs is 1. The third kappa shape index (κ3) is 4.15. The molecule has 1 aliphatic rings. The average Bonchev–Trinajstić information content (AvgIpc) is 2.73. The van der Waals surface area contributed by atoms with Crippen LogP contribution in [0.4, 0.5) is 5.82 Å². The molecule has 3 aromatic rings. The Hall–Kier alpha value is -2.79. The van der Waals surface area contributed by atoms with Crippen molar-refractivity contribution in [3.8, 4) is 11.4 Å². The van der Waals surface area contributed by atoms with Gasteiger partial charge >= 0.3 is 0 Å². The maximum absolute atomic E-state index is 10.8. The Morgan fingerprint density at radius 1 is 0.931 bits per heavy atom. The molecule has 5 heteroatoms. The van der Waals surface area contributed by atoms with Crippen molar-refractivity contribution >= 4 is 23.0 Å². The summed E-state index contributed by atoms with van der Waals surface area (Å²) in [5.74, 6) is 1.74. The molecule has 0 atom stereocenters. The molecule has 1 aromatic heterocycles. The number of aromatic nitrogens is 2. The zero-order valence-electron chi connectivity index (χ0n) is 17.4. The van der Waals surface area contributed by atoms with E-state index in [1.807, 2.05) is 12.1 Å². The van der Waals surface area contributed by atoms with Crippen LogP contribution in [0.25, 0.3) is 22.3 Å². The van der Waals surface area contributed by atoms with Crippen LogP contribution in [-0.2, 0) is 10.2 Å². The Labute approximate surface area is 172 Å². The van der Waals surface area contributed by atoms with E-state index in [9.17, 15) is 4.79 Å². The van der Waals surface area contributed by atoms with Gasteiger partial charge in [-0.3, -0.25) is 4.90 Å². The van der Waals surface area contributed by atoms with Crippen molar-refractivity contribution < 1.29 is 4.79 Å². The molecule has 0 unspecified atom stereocenters. The lowest BCUT2D eigenvalue weighted by atomic mass is 9.87. The molecule has 0 bridgehead atoms. The Bertz CT molecular complexity index is 1000. The van der Waals surface area contributed by atoms with Gasteiger partial charge in [0.25, 0.3) is 0 Å². The molecule has 0 radical (unpaired) electrons. The van der Waals surface area contributed by atoms with Gasteiger partial charge in [0.05, 0.1) is 12.1 Å². The summed E-state index contributed by atoms with van der Waals surface area (Å²) >= 11 is 0. The predicted octanol–water partition coefficient (Wildman–Crippen LogP) is 3.92. The molecule has 150 valence electrons. The van der Waals surface area contributed by atoms with E-state index < -0.39 is 0 Å². The van der Waals surface area contributed by atoms with Crippen LogP contribution in [0.3, 0.4) is 0 Å². The largest absolute Gasteiger partial charge is 0.353 e. The van der Waals surface area contributed by atoms with Crippen LogP contribution < -0.4 is 4.90 Å². The molecular formula is C24H28N4O. The molecule has 0 N–H and O–H groups in total. The van der Waals surface area contributed by atoms with Gasteiger partial charge in [0.2, 0.25) is 0 Å². The number of carbonyl (C=O) groups excluding carboxylic acids is 1. The van der Waals surface area contributed by atoms with Crippen LogP contribution in [0.15, 0.2) is 48.5 Å². The van der Waals surface area contributed by atoms with Gasteiger partial charge in [-0.05, 0) is 23.1 Å². The number of anilines is 1. The first kappa shape index (κ1) is 19.5. The van der Waals surface area contributed by atoms with Crippen LogP contribution in [0.1, 0.15) is 26.3 Å². The first-order valence-corrected chi connectivity index (χ1v) is 10.2. The summed E-state index contributed by atoms with van der Waals surface area (Å²) in [7, 11) is 0. The standard InChI is InChI=1S/C24H28N4O/c1-24(2,3)19-10-8-18(9-11-19)22-25-21-7-5-4-6-20(21)23(26-22)28-14-12-27(13-15-28)16-17-29/h4-11,17H,12-16H2,1-3H3. The number of rotatable bonds is 4. The van der Waals surface area contributed by atoms with Crippen LogP contribution in [0, 0.1) is 0 Å². The average molecular weight is 389 g/mol. The molecule has 2 heterocycles. The molecule has 0 saturated carbocycles. The molecule has 29 heavy (non-hydrogen) atoms. The minimum Gasteiger partial charge on any atom is -0.353 e. The van der Waals surface area contributed by atoms with E-state index in [-0.39, 0.29) is 5.41 Å². The fourth-order valence-corrected chi connectivity index (χ4v) is 3.80. The third-order valence-corrected chi connectivity index (χ3v) is 5.60. The first-order valence-electron chi connectivity index (χ1n) is 10.2. The van der Waals surface area contributed by atoms with Crippen molar-refractivity contribution in [2.75, 3.05) is 37.6 Å². The Balaban J connectivity index is 1.71. The second-order valence-electron chi connectivity index (χ2n) is 8.67. The fourth-order valence-electron chi connectivity index (χ4n) is 3.80. The van der Waals surface area contributed by atoms with Crippen molar-refractivity contribution in [3.05, 3.63) is 54.1 Å². The Morgan fingerprint density at radius 3 is 2.28 bits per heavy atom. The maximum atomic E-state index is 10.8. The monoisotopic (exact) mass is 388 g/mol. The first-order chi connectivity index (χ1) is 14.0. The van der Waals surface area contributed by atoms with Crippen molar-refractivity contribution in [2.24, 2.45) is 0 Å². The normalized spacial score (nSPS) is 15.6. The highest BCUT2D eigenvalue weighted by molar-refractivity contribution is 5.91. The van der Waals surface area contributed by atoms with Gasteiger partial charge in [-0.2, -0.15) is 0 Å². The summed E-state index contributed by atoms with van der Waals surface area (Å²) in [5.41, 5.74) is 3.41. The predicted molar refractivity (Wildman–Crippen MR) is 118 cm³/mol. The Kier molecular flexibility index (Phi) is 5.33. The summed E-state index contributed by atoms with van der Waals surface area (Å²) < 4.78 is 0. The lowest BCUT2D eigenvalue weighted by molar-refractivity contribution is -0.108. The van der Waals surface area contributed by atoms with Crippen LogP contribution >= 0.6 is 0 Å². The van der Waals surface area contributed by atoms with Gasteiger partial charge in [0.15, 0.2) is 5.82 Å². The number of hydrogen-bond donors (Lipinski definition) is 0. The zero-order chi connectivity index (χ0) is 20.4. The van der Waals surface area contributed by atoms with Crippen molar-refractivity contribution in [1.82, 2.24) is 14.9 Å². The van der Waals surface area contributed by atoms with E-state index in [0.717, 1.165) is 60.6 Å². The topological polar surface area (TPSA) is 49.3 Å². The molecule has 5 nitrogen and oxygen atoms in total. The van der Waals surface area contributed by atoms with Crippen LogP contribution in [0.2, 0.25) is 0 Å². The fraction of sp³-hybridized carbons (Fsp3) is 0.375. The molecular weight excluding hydrogens is 360 g/mol. The number of benzene rings is 2. The smallest absolute Gasteiger partial charge is 0.162 e.